The van der Waals surface area contributed by atoms with Gasteiger partial charge >= 0.3 is 0 Å². The minimum Gasteiger partial charge on any atom is -0.393 e. The van der Waals surface area contributed by atoms with Gasteiger partial charge in [-0.3, -0.25) is 9.59 Å². The minimum atomic E-state index is -1.83. The van der Waals surface area contributed by atoms with Crippen LogP contribution in [-0.4, -0.2) is 33.7 Å². The number of amides is 2. The van der Waals surface area contributed by atoms with Crippen LogP contribution in [0.5, 0.6) is 0 Å². The topological polar surface area (TPSA) is 127 Å². The highest BCUT2D eigenvalue weighted by Crippen LogP contribution is 2.22. The molecule has 0 saturated heterocycles. The summed E-state index contributed by atoms with van der Waals surface area (Å²) in [4.78, 5) is 22.6. The van der Waals surface area contributed by atoms with E-state index in [-0.39, 0.29) is 12.8 Å². The Kier molecular flexibility index (Phi) is 6.52. The molecule has 0 spiro atoms. The first-order valence-electron chi connectivity index (χ1n) is 7.09. The molecule has 0 saturated carbocycles. The first-order chi connectivity index (χ1) is 10.2. The van der Waals surface area contributed by atoms with Crippen LogP contribution >= 0.6 is 0 Å². The molecule has 0 aliphatic heterocycles. The average molecular weight is 307 g/mol. The van der Waals surface area contributed by atoms with Crippen molar-refractivity contribution in [1.29, 1.82) is 0 Å². The van der Waals surface area contributed by atoms with Gasteiger partial charge in [-0.25, -0.2) is 0 Å². The van der Waals surface area contributed by atoms with Crippen molar-refractivity contribution in [2.75, 3.05) is 0 Å². The third-order valence-corrected chi connectivity index (χ3v) is 3.57. The van der Waals surface area contributed by atoms with Crippen molar-refractivity contribution < 1.29 is 19.8 Å². The van der Waals surface area contributed by atoms with E-state index in [9.17, 15) is 19.8 Å². The normalized spacial score (nSPS) is 16.5. The van der Waals surface area contributed by atoms with Gasteiger partial charge in [0.15, 0.2) is 0 Å². The van der Waals surface area contributed by atoms with E-state index >= 15 is 0 Å². The second-order valence-electron chi connectivity index (χ2n) is 5.67. The number of primary amides is 2. The number of aliphatic hydroxyl groups excluding tert-OH is 1. The van der Waals surface area contributed by atoms with Crippen LogP contribution < -0.4 is 11.5 Å². The summed E-state index contributed by atoms with van der Waals surface area (Å²) < 4.78 is 0. The molecule has 6 N–H and O–H groups in total. The molecule has 0 aliphatic carbocycles. The van der Waals surface area contributed by atoms with Gasteiger partial charge in [-0.2, -0.15) is 0 Å². The molecule has 1 radical (unpaired) electrons. The maximum absolute atomic E-state index is 11.4. The summed E-state index contributed by atoms with van der Waals surface area (Å²) in [6.45, 7) is 1.23. The summed E-state index contributed by atoms with van der Waals surface area (Å²) in [6.07, 6.45) is 1.14. The molecule has 0 heterocycles. The molecule has 0 fully saturated rings. The Morgan fingerprint density at radius 3 is 2.36 bits per heavy atom. The highest BCUT2D eigenvalue weighted by Gasteiger charge is 2.34. The minimum absolute atomic E-state index is 0.0333. The zero-order valence-electron chi connectivity index (χ0n) is 12.6. The average Bonchev–Trinajstić information content (AvgIpc) is 2.45. The zero-order chi connectivity index (χ0) is 16.8. The lowest BCUT2D eigenvalue weighted by Crippen LogP contribution is -2.45. The molecule has 2 amide bonds. The largest absolute Gasteiger partial charge is 0.393 e. The summed E-state index contributed by atoms with van der Waals surface area (Å²) in [7, 11) is 0. The number of hydrogen-bond acceptors (Lipinski definition) is 4. The van der Waals surface area contributed by atoms with Crippen LogP contribution in [0.25, 0.3) is 0 Å². The van der Waals surface area contributed by atoms with E-state index < -0.39 is 29.4 Å². The molecular weight excluding hydrogens is 284 g/mol. The lowest BCUT2D eigenvalue weighted by Gasteiger charge is -2.25. The summed E-state index contributed by atoms with van der Waals surface area (Å²) in [5.74, 6) is -2.46. The molecule has 1 rings (SSSR count). The predicted molar refractivity (Wildman–Crippen MR) is 82.2 cm³/mol. The molecule has 1 aromatic rings. The Morgan fingerprint density at radius 2 is 1.86 bits per heavy atom. The van der Waals surface area contributed by atoms with Gasteiger partial charge in [-0.1, -0.05) is 30.3 Å². The molecule has 22 heavy (non-hydrogen) atoms. The summed E-state index contributed by atoms with van der Waals surface area (Å²) in [5, 5.41) is 19.9. The quantitative estimate of drug-likeness (QED) is 0.508. The lowest BCUT2D eigenvalue weighted by atomic mass is 9.86. The molecule has 1 aromatic carbocycles. The second kappa shape index (κ2) is 7.91. The summed E-state index contributed by atoms with van der Waals surface area (Å²) >= 11 is 0. The van der Waals surface area contributed by atoms with E-state index in [0.29, 0.717) is 6.42 Å². The zero-order valence-corrected chi connectivity index (χ0v) is 12.6. The molecule has 0 aliphatic rings. The Morgan fingerprint density at radius 1 is 1.27 bits per heavy atom. The molecule has 6 heteroatoms. The Bertz CT molecular complexity index is 502. The first-order valence-corrected chi connectivity index (χ1v) is 7.09. The Balaban J connectivity index is 2.55. The van der Waals surface area contributed by atoms with E-state index in [1.54, 1.807) is 6.42 Å². The van der Waals surface area contributed by atoms with Crippen LogP contribution in [0.4, 0.5) is 0 Å². The van der Waals surface area contributed by atoms with Gasteiger partial charge in [-0.05, 0) is 38.2 Å². The van der Waals surface area contributed by atoms with Gasteiger partial charge < -0.3 is 21.7 Å². The van der Waals surface area contributed by atoms with Gasteiger partial charge in [-0.15, -0.1) is 0 Å². The van der Waals surface area contributed by atoms with Crippen LogP contribution in [0, 0.1) is 12.3 Å². The van der Waals surface area contributed by atoms with Crippen molar-refractivity contribution in [3.05, 3.63) is 42.3 Å². The number of hydrogen-bond donors (Lipinski definition) is 4. The van der Waals surface area contributed by atoms with Crippen molar-refractivity contribution in [2.24, 2.45) is 17.4 Å². The van der Waals surface area contributed by atoms with E-state index in [2.05, 4.69) is 0 Å². The SMILES string of the molecule is CC(O)(CC(CC(O)[CH]Cc1ccccc1)C(N)=O)C(N)=O. The van der Waals surface area contributed by atoms with Crippen molar-refractivity contribution >= 4 is 11.8 Å². The fourth-order valence-corrected chi connectivity index (χ4v) is 2.15. The van der Waals surface area contributed by atoms with E-state index in [1.807, 2.05) is 30.3 Å². The third kappa shape index (κ3) is 5.83. The van der Waals surface area contributed by atoms with Crippen LogP contribution in [0.1, 0.15) is 25.3 Å². The van der Waals surface area contributed by atoms with Crippen molar-refractivity contribution in [3.8, 4) is 0 Å². The Hall–Kier alpha value is -1.92. The maximum Gasteiger partial charge on any atom is 0.249 e. The van der Waals surface area contributed by atoms with Crippen molar-refractivity contribution in [2.45, 2.75) is 37.9 Å². The first kappa shape index (κ1) is 18.1. The van der Waals surface area contributed by atoms with Gasteiger partial charge in [0.05, 0.1) is 6.10 Å². The standard InChI is InChI=1S/C16H23N2O4/c1-16(22,15(18)21)10-12(14(17)20)9-13(19)8-7-11-5-3-2-4-6-11/h2-6,8,12-13,19,22H,7,9-10H2,1H3,(H2,17,20)(H2,18,21). The van der Waals surface area contributed by atoms with Crippen LogP contribution in [-0.2, 0) is 16.0 Å². The molecule has 0 aromatic heterocycles. The summed E-state index contributed by atoms with van der Waals surface area (Å²) in [5.41, 5.74) is 9.54. The number of carbonyl (C=O) groups excluding carboxylic acids is 2. The van der Waals surface area contributed by atoms with Gasteiger partial charge in [0.2, 0.25) is 11.8 Å². The molecule has 121 valence electrons. The van der Waals surface area contributed by atoms with Gasteiger partial charge in [0.1, 0.15) is 5.60 Å². The monoisotopic (exact) mass is 307 g/mol. The smallest absolute Gasteiger partial charge is 0.249 e. The molecule has 3 unspecified atom stereocenters. The number of rotatable bonds is 9. The number of nitrogens with two attached hydrogens (primary N) is 2. The van der Waals surface area contributed by atoms with Gasteiger partial charge in [0, 0.05) is 5.92 Å². The third-order valence-electron chi connectivity index (χ3n) is 3.57. The molecule has 3 atom stereocenters. The van der Waals surface area contributed by atoms with Crippen LogP contribution in [0.2, 0.25) is 0 Å². The fraction of sp³-hybridized carbons (Fsp3) is 0.438. The Labute approximate surface area is 130 Å². The molecule has 0 bridgehead atoms. The lowest BCUT2D eigenvalue weighted by molar-refractivity contribution is -0.138. The van der Waals surface area contributed by atoms with E-state index in [4.69, 9.17) is 11.5 Å². The molecule has 6 nitrogen and oxygen atoms in total. The van der Waals surface area contributed by atoms with Crippen LogP contribution in [0.15, 0.2) is 30.3 Å². The highest BCUT2D eigenvalue weighted by atomic mass is 16.3. The predicted octanol–water partition coefficient (Wildman–Crippen LogP) is -0.0877. The van der Waals surface area contributed by atoms with Crippen molar-refractivity contribution in [3.63, 3.8) is 0 Å². The molecular formula is C16H23N2O4. The highest BCUT2D eigenvalue weighted by molar-refractivity contribution is 5.84. The number of benzene rings is 1. The number of carbonyl (C=O) groups is 2. The van der Waals surface area contributed by atoms with E-state index in [0.717, 1.165) is 5.56 Å². The number of aliphatic hydroxyl groups is 2. The van der Waals surface area contributed by atoms with Crippen LogP contribution in [0.3, 0.4) is 0 Å². The fourth-order valence-electron chi connectivity index (χ4n) is 2.15. The summed E-state index contributed by atoms with van der Waals surface area (Å²) in [6, 6.07) is 9.53. The van der Waals surface area contributed by atoms with E-state index in [1.165, 1.54) is 6.92 Å². The van der Waals surface area contributed by atoms with Crippen molar-refractivity contribution in [1.82, 2.24) is 0 Å². The second-order valence-corrected chi connectivity index (χ2v) is 5.67. The van der Waals surface area contributed by atoms with Gasteiger partial charge in [0.25, 0.3) is 0 Å². The maximum atomic E-state index is 11.4.